The Kier molecular flexibility index (Phi) is 2.79. The summed E-state index contributed by atoms with van der Waals surface area (Å²) in [7, 11) is 1.82. The molecule has 0 amide bonds. The zero-order chi connectivity index (χ0) is 13.2. The van der Waals surface area contributed by atoms with E-state index in [4.69, 9.17) is 4.42 Å². The van der Waals surface area contributed by atoms with E-state index >= 15 is 0 Å². The van der Waals surface area contributed by atoms with Crippen LogP contribution in [0, 0.1) is 0 Å². The Morgan fingerprint density at radius 2 is 2.11 bits per heavy atom. The summed E-state index contributed by atoms with van der Waals surface area (Å²) in [5, 5.41) is 2.96. The van der Waals surface area contributed by atoms with Gasteiger partial charge >= 0.3 is 5.76 Å². The minimum Gasteiger partial charge on any atom is -0.408 e. The maximum absolute atomic E-state index is 11.8. The standard InChI is InChI=1S/C14H13N3O2/c1-15-13-7-6-10(8-16-13)9-17-11-4-2-3-5-12(11)19-14(17)18/h2-8H,9H2,1H3,(H,15,16). The number of oxazole rings is 1. The number of pyridine rings is 1. The average Bonchev–Trinajstić information content (AvgIpc) is 2.76. The largest absolute Gasteiger partial charge is 0.420 e. The maximum Gasteiger partial charge on any atom is 0.420 e. The number of nitrogens with one attached hydrogen (secondary N) is 1. The first-order valence-electron chi connectivity index (χ1n) is 5.99. The third-order valence-electron chi connectivity index (χ3n) is 3.00. The lowest BCUT2D eigenvalue weighted by Crippen LogP contribution is -2.15. The minimum atomic E-state index is -0.348. The Labute approximate surface area is 109 Å². The van der Waals surface area contributed by atoms with Crippen molar-refractivity contribution < 1.29 is 4.42 Å². The Morgan fingerprint density at radius 1 is 1.26 bits per heavy atom. The lowest BCUT2D eigenvalue weighted by molar-refractivity contribution is 0.517. The van der Waals surface area contributed by atoms with E-state index in [1.807, 2.05) is 37.4 Å². The van der Waals surface area contributed by atoms with Crippen molar-refractivity contribution >= 4 is 16.9 Å². The number of aromatic nitrogens is 2. The fraction of sp³-hybridized carbons (Fsp3) is 0.143. The number of benzene rings is 1. The quantitative estimate of drug-likeness (QED) is 0.778. The van der Waals surface area contributed by atoms with Crippen molar-refractivity contribution in [1.82, 2.24) is 9.55 Å². The van der Waals surface area contributed by atoms with Crippen LogP contribution in [-0.2, 0) is 6.54 Å². The summed E-state index contributed by atoms with van der Waals surface area (Å²) in [4.78, 5) is 16.1. The van der Waals surface area contributed by atoms with Gasteiger partial charge in [0.15, 0.2) is 5.58 Å². The molecule has 0 aliphatic carbocycles. The monoisotopic (exact) mass is 255 g/mol. The summed E-state index contributed by atoms with van der Waals surface area (Å²) in [5.41, 5.74) is 2.35. The number of para-hydroxylation sites is 2. The highest BCUT2D eigenvalue weighted by Gasteiger charge is 2.08. The molecule has 2 aromatic heterocycles. The van der Waals surface area contributed by atoms with Crippen LogP contribution in [0.4, 0.5) is 5.82 Å². The average molecular weight is 255 g/mol. The zero-order valence-electron chi connectivity index (χ0n) is 10.5. The summed E-state index contributed by atoms with van der Waals surface area (Å²) in [6.45, 7) is 0.451. The van der Waals surface area contributed by atoms with E-state index in [0.717, 1.165) is 16.9 Å². The molecule has 3 aromatic rings. The fourth-order valence-corrected chi connectivity index (χ4v) is 2.01. The van der Waals surface area contributed by atoms with Gasteiger partial charge in [-0.3, -0.25) is 4.57 Å². The van der Waals surface area contributed by atoms with Crippen molar-refractivity contribution in [2.75, 3.05) is 12.4 Å². The van der Waals surface area contributed by atoms with E-state index in [2.05, 4.69) is 10.3 Å². The van der Waals surface area contributed by atoms with Gasteiger partial charge in [-0.1, -0.05) is 18.2 Å². The van der Waals surface area contributed by atoms with Gasteiger partial charge in [0.05, 0.1) is 12.1 Å². The molecule has 1 N–H and O–H groups in total. The summed E-state index contributed by atoms with van der Waals surface area (Å²) < 4.78 is 6.79. The molecule has 5 nitrogen and oxygen atoms in total. The van der Waals surface area contributed by atoms with Crippen LogP contribution < -0.4 is 11.1 Å². The van der Waals surface area contributed by atoms with Gasteiger partial charge in [0, 0.05) is 13.2 Å². The molecular weight excluding hydrogens is 242 g/mol. The first-order chi connectivity index (χ1) is 9.28. The van der Waals surface area contributed by atoms with Crippen LogP contribution in [0.5, 0.6) is 0 Å². The van der Waals surface area contributed by atoms with Gasteiger partial charge in [-0.2, -0.15) is 0 Å². The van der Waals surface area contributed by atoms with E-state index in [0.29, 0.717) is 12.1 Å². The van der Waals surface area contributed by atoms with Crippen LogP contribution in [0.2, 0.25) is 0 Å². The predicted molar refractivity (Wildman–Crippen MR) is 73.4 cm³/mol. The number of anilines is 1. The van der Waals surface area contributed by atoms with Crippen molar-refractivity contribution in [1.29, 1.82) is 0 Å². The highest BCUT2D eigenvalue weighted by atomic mass is 16.4. The molecule has 0 saturated carbocycles. The predicted octanol–water partition coefficient (Wildman–Crippen LogP) is 2.08. The number of hydrogen-bond donors (Lipinski definition) is 1. The normalized spacial score (nSPS) is 10.8. The Balaban J connectivity index is 2.00. The van der Waals surface area contributed by atoms with Crippen LogP contribution >= 0.6 is 0 Å². The van der Waals surface area contributed by atoms with Crippen LogP contribution in [0.1, 0.15) is 5.56 Å². The second kappa shape index (κ2) is 4.61. The van der Waals surface area contributed by atoms with Crippen molar-refractivity contribution in [3.8, 4) is 0 Å². The molecule has 96 valence electrons. The van der Waals surface area contributed by atoms with Crippen molar-refractivity contribution in [2.24, 2.45) is 0 Å². The van der Waals surface area contributed by atoms with Gasteiger partial charge in [0.1, 0.15) is 5.82 Å². The molecule has 0 spiro atoms. The number of nitrogens with zero attached hydrogens (tertiary/aromatic N) is 2. The Morgan fingerprint density at radius 3 is 2.84 bits per heavy atom. The summed E-state index contributed by atoms with van der Waals surface area (Å²) >= 11 is 0. The molecule has 0 fully saturated rings. The second-order valence-corrected chi connectivity index (χ2v) is 4.22. The Bertz CT molecular complexity index is 756. The van der Waals surface area contributed by atoms with Crippen LogP contribution in [0.15, 0.2) is 51.8 Å². The zero-order valence-corrected chi connectivity index (χ0v) is 10.5. The highest BCUT2D eigenvalue weighted by Crippen LogP contribution is 2.13. The minimum absolute atomic E-state index is 0.348. The molecule has 5 heteroatoms. The van der Waals surface area contributed by atoms with E-state index in [1.54, 1.807) is 16.8 Å². The van der Waals surface area contributed by atoms with Crippen molar-refractivity contribution in [3.63, 3.8) is 0 Å². The molecule has 2 heterocycles. The molecule has 19 heavy (non-hydrogen) atoms. The van der Waals surface area contributed by atoms with Crippen LogP contribution in [0.3, 0.4) is 0 Å². The summed E-state index contributed by atoms with van der Waals surface area (Å²) in [5.74, 6) is 0.451. The van der Waals surface area contributed by atoms with E-state index in [-0.39, 0.29) is 5.76 Å². The third kappa shape index (κ3) is 2.10. The SMILES string of the molecule is CNc1ccc(Cn2c(=O)oc3ccccc32)cn1. The molecule has 1 aromatic carbocycles. The maximum atomic E-state index is 11.8. The van der Waals surface area contributed by atoms with Gasteiger partial charge in [-0.05, 0) is 23.8 Å². The first-order valence-corrected chi connectivity index (χ1v) is 5.99. The number of hydrogen-bond acceptors (Lipinski definition) is 4. The molecule has 0 atom stereocenters. The molecule has 0 aliphatic rings. The summed E-state index contributed by atoms with van der Waals surface area (Å²) in [6.07, 6.45) is 1.75. The van der Waals surface area contributed by atoms with E-state index < -0.39 is 0 Å². The molecular formula is C14H13N3O2. The van der Waals surface area contributed by atoms with E-state index in [1.165, 1.54) is 0 Å². The van der Waals surface area contributed by atoms with Gasteiger partial charge in [0.25, 0.3) is 0 Å². The first kappa shape index (κ1) is 11.5. The highest BCUT2D eigenvalue weighted by molar-refractivity contribution is 5.72. The van der Waals surface area contributed by atoms with Gasteiger partial charge in [-0.25, -0.2) is 9.78 Å². The van der Waals surface area contributed by atoms with Crippen LogP contribution in [-0.4, -0.2) is 16.6 Å². The van der Waals surface area contributed by atoms with Crippen LogP contribution in [0.25, 0.3) is 11.1 Å². The molecule has 0 aliphatic heterocycles. The fourth-order valence-electron chi connectivity index (χ4n) is 2.01. The molecule has 0 radical (unpaired) electrons. The summed E-state index contributed by atoms with van der Waals surface area (Å²) in [6, 6.07) is 11.2. The van der Waals surface area contributed by atoms with E-state index in [9.17, 15) is 4.79 Å². The third-order valence-corrected chi connectivity index (χ3v) is 3.00. The van der Waals surface area contributed by atoms with Gasteiger partial charge in [-0.15, -0.1) is 0 Å². The molecule has 0 saturated heterocycles. The second-order valence-electron chi connectivity index (χ2n) is 4.22. The van der Waals surface area contributed by atoms with Gasteiger partial charge in [0.2, 0.25) is 0 Å². The molecule has 3 rings (SSSR count). The lowest BCUT2D eigenvalue weighted by atomic mass is 10.2. The number of rotatable bonds is 3. The lowest BCUT2D eigenvalue weighted by Gasteiger charge is -2.03. The van der Waals surface area contributed by atoms with Gasteiger partial charge < -0.3 is 9.73 Å². The molecule has 0 unspecified atom stereocenters. The topological polar surface area (TPSA) is 60.1 Å². The smallest absolute Gasteiger partial charge is 0.408 e. The Hall–Kier alpha value is -2.56. The molecule has 0 bridgehead atoms. The number of fused-ring (bicyclic) bond motifs is 1. The van der Waals surface area contributed by atoms with Crippen molar-refractivity contribution in [2.45, 2.75) is 6.54 Å². The van der Waals surface area contributed by atoms with Crippen molar-refractivity contribution in [3.05, 3.63) is 58.7 Å².